The highest BCUT2D eigenvalue weighted by atomic mass is 19.1. The maximum atomic E-state index is 13.4. The lowest BCUT2D eigenvalue weighted by atomic mass is 9.99. The number of aliphatic carboxylic acids is 1. The molecule has 80 valence electrons. The molecule has 4 heteroatoms. The summed E-state index contributed by atoms with van der Waals surface area (Å²) in [4.78, 5) is 12.3. The van der Waals surface area contributed by atoms with Crippen molar-refractivity contribution in [2.24, 2.45) is 0 Å². The first kappa shape index (κ1) is 10.1. The highest BCUT2D eigenvalue weighted by molar-refractivity contribution is 5.69. The zero-order valence-electron chi connectivity index (χ0n) is 8.24. The average Bonchev–Trinajstić information content (AvgIpc) is 2.18. The van der Waals surface area contributed by atoms with Crippen LogP contribution in [-0.4, -0.2) is 29.1 Å². The minimum atomic E-state index is -0.866. The average molecular weight is 209 g/mol. The molecule has 0 atom stereocenters. The lowest BCUT2D eigenvalue weighted by molar-refractivity contribution is -0.138. The quantitative estimate of drug-likeness (QED) is 0.797. The zero-order valence-corrected chi connectivity index (χ0v) is 8.24. The van der Waals surface area contributed by atoms with E-state index in [4.69, 9.17) is 5.11 Å². The third-order valence-corrected chi connectivity index (χ3v) is 2.65. The molecule has 0 amide bonds. The fourth-order valence-electron chi connectivity index (χ4n) is 1.92. The van der Waals surface area contributed by atoms with Gasteiger partial charge in [-0.25, -0.2) is 4.39 Å². The van der Waals surface area contributed by atoms with Gasteiger partial charge in [-0.05, 0) is 18.1 Å². The van der Waals surface area contributed by atoms with Gasteiger partial charge in [0.05, 0.1) is 6.54 Å². The van der Waals surface area contributed by atoms with Crippen molar-refractivity contribution < 1.29 is 14.3 Å². The fourth-order valence-corrected chi connectivity index (χ4v) is 1.92. The number of carbonyl (C=O) groups is 1. The van der Waals surface area contributed by atoms with Crippen molar-refractivity contribution in [3.8, 4) is 0 Å². The molecule has 0 unspecified atom stereocenters. The van der Waals surface area contributed by atoms with Gasteiger partial charge in [0.1, 0.15) is 5.82 Å². The Bertz CT molecular complexity index is 392. The van der Waals surface area contributed by atoms with Crippen LogP contribution in [0.5, 0.6) is 0 Å². The molecule has 0 spiro atoms. The van der Waals surface area contributed by atoms with Crippen LogP contribution in [0, 0.1) is 5.82 Å². The molecule has 1 aliphatic rings. The number of hydrogen-bond donors (Lipinski definition) is 1. The molecule has 0 radical (unpaired) electrons. The van der Waals surface area contributed by atoms with E-state index >= 15 is 0 Å². The summed E-state index contributed by atoms with van der Waals surface area (Å²) in [5.41, 5.74) is 1.64. The first-order valence-corrected chi connectivity index (χ1v) is 4.87. The molecule has 0 fully saturated rings. The molecule has 3 nitrogen and oxygen atoms in total. The van der Waals surface area contributed by atoms with Crippen LogP contribution in [0.15, 0.2) is 18.2 Å². The van der Waals surface area contributed by atoms with Crippen LogP contribution in [0.25, 0.3) is 0 Å². The Kier molecular flexibility index (Phi) is 2.68. The van der Waals surface area contributed by atoms with Gasteiger partial charge in [-0.15, -0.1) is 0 Å². The van der Waals surface area contributed by atoms with Crippen LogP contribution < -0.4 is 0 Å². The van der Waals surface area contributed by atoms with Gasteiger partial charge in [-0.2, -0.15) is 0 Å². The van der Waals surface area contributed by atoms with E-state index in [1.807, 2.05) is 6.07 Å². The van der Waals surface area contributed by atoms with E-state index in [0.717, 1.165) is 12.0 Å². The minimum Gasteiger partial charge on any atom is -0.480 e. The van der Waals surface area contributed by atoms with E-state index in [0.29, 0.717) is 18.7 Å². The second-order valence-corrected chi connectivity index (χ2v) is 3.73. The molecule has 2 rings (SSSR count). The molecule has 1 N–H and O–H groups in total. The minimum absolute atomic E-state index is 0.0201. The number of benzene rings is 1. The summed E-state index contributed by atoms with van der Waals surface area (Å²) >= 11 is 0. The molecule has 1 aromatic rings. The molecule has 1 aromatic carbocycles. The lowest BCUT2D eigenvalue weighted by Gasteiger charge is -2.27. The first-order valence-electron chi connectivity index (χ1n) is 4.87. The normalized spacial score (nSPS) is 16.1. The lowest BCUT2D eigenvalue weighted by Crippen LogP contribution is -2.35. The smallest absolute Gasteiger partial charge is 0.317 e. The standard InChI is InChI=1S/C11H12FNO2/c12-10-3-1-2-8-4-5-13(6-9(8)10)7-11(14)15/h1-3H,4-7H2,(H,14,15). The second kappa shape index (κ2) is 3.98. The first-order chi connectivity index (χ1) is 7.16. The van der Waals surface area contributed by atoms with Crippen molar-refractivity contribution in [2.45, 2.75) is 13.0 Å². The molecule has 0 bridgehead atoms. The van der Waals surface area contributed by atoms with Crippen molar-refractivity contribution in [3.63, 3.8) is 0 Å². The van der Waals surface area contributed by atoms with Gasteiger partial charge < -0.3 is 5.11 Å². The number of carboxylic acid groups (broad SMARTS) is 1. The van der Waals surface area contributed by atoms with Crippen LogP contribution in [0.1, 0.15) is 11.1 Å². The van der Waals surface area contributed by atoms with Crippen LogP contribution in [0.3, 0.4) is 0 Å². The Morgan fingerprint density at radius 3 is 3.07 bits per heavy atom. The molecule has 0 saturated carbocycles. The summed E-state index contributed by atoms with van der Waals surface area (Å²) in [6.07, 6.45) is 0.723. The van der Waals surface area contributed by atoms with Crippen LogP contribution in [0.4, 0.5) is 4.39 Å². The van der Waals surface area contributed by atoms with Gasteiger partial charge in [0.25, 0.3) is 0 Å². The van der Waals surface area contributed by atoms with Crippen molar-refractivity contribution >= 4 is 5.97 Å². The third-order valence-electron chi connectivity index (χ3n) is 2.65. The Morgan fingerprint density at radius 2 is 2.33 bits per heavy atom. The second-order valence-electron chi connectivity index (χ2n) is 3.73. The number of halogens is 1. The summed E-state index contributed by atoms with van der Waals surface area (Å²) < 4.78 is 13.4. The summed E-state index contributed by atoms with van der Waals surface area (Å²) in [7, 11) is 0. The molecule has 0 aliphatic carbocycles. The number of carboxylic acids is 1. The molecule has 0 saturated heterocycles. The van der Waals surface area contributed by atoms with E-state index in [1.54, 1.807) is 11.0 Å². The van der Waals surface area contributed by atoms with Gasteiger partial charge in [-0.3, -0.25) is 9.69 Å². The van der Waals surface area contributed by atoms with Crippen molar-refractivity contribution in [2.75, 3.05) is 13.1 Å². The van der Waals surface area contributed by atoms with Crippen molar-refractivity contribution in [1.82, 2.24) is 4.90 Å². The Morgan fingerprint density at radius 1 is 1.53 bits per heavy atom. The van der Waals surface area contributed by atoms with Crippen LogP contribution in [-0.2, 0) is 17.8 Å². The molecule has 15 heavy (non-hydrogen) atoms. The molecule has 0 aromatic heterocycles. The maximum Gasteiger partial charge on any atom is 0.317 e. The van der Waals surface area contributed by atoms with Crippen molar-refractivity contribution in [1.29, 1.82) is 0 Å². The Hall–Kier alpha value is -1.42. The van der Waals surface area contributed by atoms with E-state index < -0.39 is 5.97 Å². The third kappa shape index (κ3) is 2.15. The maximum absolute atomic E-state index is 13.4. The van der Waals surface area contributed by atoms with Crippen LogP contribution >= 0.6 is 0 Å². The highest BCUT2D eigenvalue weighted by Gasteiger charge is 2.20. The number of rotatable bonds is 2. The zero-order chi connectivity index (χ0) is 10.8. The molecular formula is C11H12FNO2. The van der Waals surface area contributed by atoms with E-state index in [2.05, 4.69) is 0 Å². The summed E-state index contributed by atoms with van der Waals surface area (Å²) in [6.45, 7) is 1.06. The number of fused-ring (bicyclic) bond motifs is 1. The molecule has 1 aliphatic heterocycles. The Labute approximate surface area is 87.1 Å². The summed E-state index contributed by atoms with van der Waals surface area (Å²) in [6, 6.07) is 5.01. The van der Waals surface area contributed by atoms with Gasteiger partial charge in [-0.1, -0.05) is 12.1 Å². The number of nitrogens with zero attached hydrogens (tertiary/aromatic N) is 1. The van der Waals surface area contributed by atoms with Crippen molar-refractivity contribution in [3.05, 3.63) is 35.1 Å². The largest absolute Gasteiger partial charge is 0.480 e. The monoisotopic (exact) mass is 209 g/mol. The molecule has 1 heterocycles. The Balaban J connectivity index is 2.18. The predicted molar refractivity (Wildman–Crippen MR) is 53.0 cm³/mol. The topological polar surface area (TPSA) is 40.5 Å². The summed E-state index contributed by atoms with van der Waals surface area (Å²) in [5, 5.41) is 8.65. The van der Waals surface area contributed by atoms with E-state index in [1.165, 1.54) is 6.07 Å². The van der Waals surface area contributed by atoms with Gasteiger partial charge >= 0.3 is 5.97 Å². The highest BCUT2D eigenvalue weighted by Crippen LogP contribution is 2.21. The van der Waals surface area contributed by atoms with E-state index in [9.17, 15) is 9.18 Å². The van der Waals surface area contributed by atoms with Crippen LogP contribution in [0.2, 0.25) is 0 Å². The van der Waals surface area contributed by atoms with Gasteiger partial charge in [0, 0.05) is 18.7 Å². The predicted octanol–water partition coefficient (Wildman–Crippen LogP) is 1.27. The van der Waals surface area contributed by atoms with Gasteiger partial charge in [0.15, 0.2) is 0 Å². The van der Waals surface area contributed by atoms with E-state index in [-0.39, 0.29) is 12.4 Å². The molecular weight excluding hydrogens is 197 g/mol. The van der Waals surface area contributed by atoms with Gasteiger partial charge in [0.2, 0.25) is 0 Å². The fraction of sp³-hybridized carbons (Fsp3) is 0.364. The summed E-state index contributed by atoms with van der Waals surface area (Å²) in [5.74, 6) is -1.10. The number of hydrogen-bond acceptors (Lipinski definition) is 2. The SMILES string of the molecule is O=C(O)CN1CCc2cccc(F)c2C1.